The van der Waals surface area contributed by atoms with E-state index in [9.17, 15) is 4.39 Å². The Morgan fingerprint density at radius 2 is 2.00 bits per heavy atom. The number of nitrogens with zero attached hydrogens (tertiary/aromatic N) is 3. The summed E-state index contributed by atoms with van der Waals surface area (Å²) in [6, 6.07) is 6.15. The molecule has 176 valence electrons. The molecular weight excluding hydrogens is 508 g/mol. The van der Waals surface area contributed by atoms with E-state index in [2.05, 4.69) is 34.4 Å². The molecule has 2 aliphatic heterocycles. The van der Waals surface area contributed by atoms with E-state index in [4.69, 9.17) is 4.74 Å². The lowest BCUT2D eigenvalue weighted by Crippen LogP contribution is -2.41. The van der Waals surface area contributed by atoms with Crippen LogP contribution in [0.2, 0.25) is 0 Å². The number of halogens is 2. The van der Waals surface area contributed by atoms with Crippen molar-refractivity contribution in [2.75, 3.05) is 57.4 Å². The summed E-state index contributed by atoms with van der Waals surface area (Å²) in [5, 5.41) is 6.71. The number of benzene rings is 1. The molecule has 2 fully saturated rings. The fourth-order valence-corrected chi connectivity index (χ4v) is 4.20. The quantitative estimate of drug-likeness (QED) is 0.226. The highest BCUT2D eigenvalue weighted by molar-refractivity contribution is 14.0. The lowest BCUT2D eigenvalue weighted by molar-refractivity contribution is 0.122. The van der Waals surface area contributed by atoms with Gasteiger partial charge in [-0.1, -0.05) is 12.5 Å². The van der Waals surface area contributed by atoms with Gasteiger partial charge in [0.2, 0.25) is 0 Å². The van der Waals surface area contributed by atoms with Gasteiger partial charge in [0.1, 0.15) is 5.82 Å². The van der Waals surface area contributed by atoms with E-state index >= 15 is 0 Å². The van der Waals surface area contributed by atoms with Gasteiger partial charge >= 0.3 is 0 Å². The Morgan fingerprint density at radius 3 is 2.71 bits per heavy atom. The number of guanidine groups is 1. The summed E-state index contributed by atoms with van der Waals surface area (Å²) in [4.78, 5) is 9.28. The van der Waals surface area contributed by atoms with Crippen LogP contribution >= 0.6 is 24.0 Å². The van der Waals surface area contributed by atoms with Crippen LogP contribution in [0.4, 0.5) is 10.1 Å². The second kappa shape index (κ2) is 14.1. The van der Waals surface area contributed by atoms with Gasteiger partial charge < -0.3 is 25.2 Å². The third-order valence-electron chi connectivity index (χ3n) is 5.98. The van der Waals surface area contributed by atoms with Gasteiger partial charge in [0.05, 0.1) is 25.4 Å². The molecule has 1 atom stereocenters. The normalized spacial score (nSPS) is 20.3. The second-order valence-electron chi connectivity index (χ2n) is 8.24. The molecule has 2 heterocycles. The number of rotatable bonds is 8. The first-order valence-electron chi connectivity index (χ1n) is 11.5. The predicted molar refractivity (Wildman–Crippen MR) is 137 cm³/mol. The van der Waals surface area contributed by atoms with Crippen molar-refractivity contribution in [3.05, 3.63) is 29.6 Å². The highest BCUT2D eigenvalue weighted by Gasteiger charge is 2.17. The lowest BCUT2D eigenvalue weighted by atomic mass is 10.0. The Kier molecular flexibility index (Phi) is 11.9. The van der Waals surface area contributed by atoms with Gasteiger partial charge in [0, 0.05) is 38.8 Å². The van der Waals surface area contributed by atoms with Crippen molar-refractivity contribution in [1.82, 2.24) is 15.5 Å². The maximum Gasteiger partial charge on any atom is 0.191 e. The van der Waals surface area contributed by atoms with Crippen LogP contribution in [-0.4, -0.2) is 69.4 Å². The predicted octanol–water partition coefficient (Wildman–Crippen LogP) is 3.60. The van der Waals surface area contributed by atoms with E-state index in [1.165, 1.54) is 25.8 Å². The van der Waals surface area contributed by atoms with Crippen LogP contribution in [0.25, 0.3) is 0 Å². The van der Waals surface area contributed by atoms with Crippen molar-refractivity contribution < 1.29 is 9.13 Å². The molecular formula is C23H39FIN5O. The topological polar surface area (TPSA) is 52.1 Å². The molecule has 3 rings (SSSR count). The molecule has 2 N–H and O–H groups in total. The summed E-state index contributed by atoms with van der Waals surface area (Å²) < 4.78 is 20.0. The van der Waals surface area contributed by atoms with Crippen molar-refractivity contribution in [1.29, 1.82) is 0 Å². The monoisotopic (exact) mass is 547 g/mol. The van der Waals surface area contributed by atoms with E-state index in [1.54, 1.807) is 6.07 Å². The Labute approximate surface area is 204 Å². The Hall–Kier alpha value is -1.13. The summed E-state index contributed by atoms with van der Waals surface area (Å²) in [6.45, 7) is 11.7. The number of nitrogens with one attached hydrogen (secondary N) is 2. The minimum atomic E-state index is -0.182. The van der Waals surface area contributed by atoms with Crippen LogP contribution in [0.1, 0.15) is 45.1 Å². The molecule has 0 spiro atoms. The van der Waals surface area contributed by atoms with Crippen molar-refractivity contribution in [3.8, 4) is 0 Å². The summed E-state index contributed by atoms with van der Waals surface area (Å²) in [6.07, 6.45) is 5.10. The summed E-state index contributed by atoms with van der Waals surface area (Å²) >= 11 is 0. The average Bonchev–Trinajstić information content (AvgIpc) is 2.76. The van der Waals surface area contributed by atoms with Crippen molar-refractivity contribution in [2.45, 2.75) is 52.1 Å². The van der Waals surface area contributed by atoms with Crippen molar-refractivity contribution >= 4 is 35.6 Å². The smallest absolute Gasteiger partial charge is 0.191 e. The van der Waals surface area contributed by atoms with Crippen molar-refractivity contribution in [2.24, 2.45) is 4.99 Å². The van der Waals surface area contributed by atoms with E-state index in [0.29, 0.717) is 31.5 Å². The Balaban J connectivity index is 0.00000341. The van der Waals surface area contributed by atoms with Gasteiger partial charge in [-0.3, -0.25) is 0 Å². The number of aliphatic imine (C=N–C) groups is 1. The zero-order valence-electron chi connectivity index (χ0n) is 19.0. The molecule has 2 aliphatic rings. The number of likely N-dealkylation sites (tertiary alicyclic amines) is 1. The maximum absolute atomic E-state index is 14.6. The third kappa shape index (κ3) is 8.38. The molecule has 0 aliphatic carbocycles. The average molecular weight is 548 g/mol. The van der Waals surface area contributed by atoms with Crippen molar-refractivity contribution in [3.63, 3.8) is 0 Å². The first-order chi connectivity index (χ1) is 14.7. The van der Waals surface area contributed by atoms with Gasteiger partial charge in [0.25, 0.3) is 0 Å². The van der Waals surface area contributed by atoms with Gasteiger partial charge in [-0.15, -0.1) is 24.0 Å². The minimum Gasteiger partial charge on any atom is -0.378 e. The molecule has 6 nitrogen and oxygen atoms in total. The Morgan fingerprint density at radius 1 is 1.19 bits per heavy atom. The SMILES string of the molecule is CCNC(=NCc1ccc(N2CCOCC2)c(F)c1)NCCCN1CCCCC1C.I. The van der Waals surface area contributed by atoms with Gasteiger partial charge in [-0.2, -0.15) is 0 Å². The summed E-state index contributed by atoms with van der Waals surface area (Å²) in [5.74, 6) is 0.611. The number of piperidine rings is 1. The lowest BCUT2D eigenvalue weighted by Gasteiger charge is -2.33. The molecule has 0 bridgehead atoms. The van der Waals surface area contributed by atoms with Gasteiger partial charge in [0.15, 0.2) is 5.96 Å². The molecule has 0 radical (unpaired) electrons. The minimum absolute atomic E-state index is 0. The molecule has 1 aromatic carbocycles. The van der Waals surface area contributed by atoms with E-state index < -0.39 is 0 Å². The van der Waals surface area contributed by atoms with Crippen LogP contribution < -0.4 is 15.5 Å². The van der Waals surface area contributed by atoms with Crippen LogP contribution in [0.5, 0.6) is 0 Å². The number of morpholine rings is 1. The number of hydrogen-bond acceptors (Lipinski definition) is 4. The molecule has 31 heavy (non-hydrogen) atoms. The van der Waals surface area contributed by atoms with E-state index in [0.717, 1.165) is 50.7 Å². The molecule has 1 unspecified atom stereocenters. The standard InChI is InChI=1S/C23H38FN5O.HI/c1-3-25-23(26-10-6-12-28-11-5-4-7-19(28)2)27-18-20-8-9-22(21(24)17-20)29-13-15-30-16-14-29;/h8-9,17,19H,3-7,10-16,18H2,1-2H3,(H2,25,26,27);1H. The summed E-state index contributed by atoms with van der Waals surface area (Å²) in [7, 11) is 0. The molecule has 8 heteroatoms. The molecule has 2 saturated heterocycles. The fourth-order valence-electron chi connectivity index (χ4n) is 4.20. The van der Waals surface area contributed by atoms with Gasteiger partial charge in [-0.05, 0) is 57.4 Å². The van der Waals surface area contributed by atoms with Crippen LogP contribution in [0, 0.1) is 5.82 Å². The fraction of sp³-hybridized carbons (Fsp3) is 0.696. The molecule has 0 amide bonds. The van der Waals surface area contributed by atoms with Crippen LogP contribution in [0.3, 0.4) is 0 Å². The van der Waals surface area contributed by atoms with Gasteiger partial charge in [-0.25, -0.2) is 9.38 Å². The number of anilines is 1. The third-order valence-corrected chi connectivity index (χ3v) is 5.98. The first-order valence-corrected chi connectivity index (χ1v) is 11.5. The number of hydrogen-bond donors (Lipinski definition) is 2. The van der Waals surface area contributed by atoms with E-state index in [1.807, 2.05) is 17.0 Å². The number of ether oxygens (including phenoxy) is 1. The molecule has 0 saturated carbocycles. The largest absolute Gasteiger partial charge is 0.378 e. The zero-order valence-corrected chi connectivity index (χ0v) is 21.4. The van der Waals surface area contributed by atoms with Crippen LogP contribution in [-0.2, 0) is 11.3 Å². The Bertz CT molecular complexity index is 684. The van der Waals surface area contributed by atoms with E-state index in [-0.39, 0.29) is 29.8 Å². The summed E-state index contributed by atoms with van der Waals surface area (Å²) in [5.41, 5.74) is 1.53. The maximum atomic E-state index is 14.6. The molecule has 0 aromatic heterocycles. The highest BCUT2D eigenvalue weighted by atomic mass is 127. The first kappa shape index (κ1) is 26.1. The highest BCUT2D eigenvalue weighted by Crippen LogP contribution is 2.22. The zero-order chi connectivity index (χ0) is 21.2. The van der Waals surface area contributed by atoms with Crippen LogP contribution in [0.15, 0.2) is 23.2 Å². The molecule has 1 aromatic rings. The second-order valence-corrected chi connectivity index (χ2v) is 8.24.